The Bertz CT molecular complexity index is 500. The molecule has 0 aliphatic carbocycles. The van der Waals surface area contributed by atoms with Gasteiger partial charge in [-0.2, -0.15) is 0 Å². The molecule has 21 heavy (non-hydrogen) atoms. The third kappa shape index (κ3) is 4.63. The summed E-state index contributed by atoms with van der Waals surface area (Å²) in [7, 11) is 0. The van der Waals surface area contributed by atoms with Crippen molar-refractivity contribution in [3.63, 3.8) is 0 Å². The van der Waals surface area contributed by atoms with Crippen LogP contribution in [0.1, 0.15) is 33.6 Å². The van der Waals surface area contributed by atoms with Gasteiger partial charge in [-0.1, -0.05) is 6.92 Å². The molecule has 0 fully saturated rings. The van der Waals surface area contributed by atoms with E-state index in [0.29, 0.717) is 19.0 Å². The van der Waals surface area contributed by atoms with Crippen molar-refractivity contribution in [3.8, 4) is 11.5 Å². The van der Waals surface area contributed by atoms with Crippen LogP contribution in [0.25, 0.3) is 0 Å². The number of hydrogen-bond donors (Lipinski definition) is 2. The summed E-state index contributed by atoms with van der Waals surface area (Å²) < 4.78 is 11.2. The highest BCUT2D eigenvalue weighted by atomic mass is 16.5. The van der Waals surface area contributed by atoms with Crippen molar-refractivity contribution in [3.05, 3.63) is 18.2 Å². The van der Waals surface area contributed by atoms with Crippen LogP contribution in [-0.4, -0.2) is 31.2 Å². The maximum atomic E-state index is 12.0. The van der Waals surface area contributed by atoms with Crippen molar-refractivity contribution >= 4 is 11.6 Å². The van der Waals surface area contributed by atoms with E-state index in [-0.39, 0.29) is 18.0 Å². The number of benzene rings is 1. The molecule has 1 amide bonds. The first-order valence-corrected chi connectivity index (χ1v) is 7.45. The third-order valence-corrected chi connectivity index (χ3v) is 3.64. The van der Waals surface area contributed by atoms with Crippen LogP contribution in [0.15, 0.2) is 18.2 Å². The first-order chi connectivity index (χ1) is 10.00. The molecular formula is C16H24N2O3. The first kappa shape index (κ1) is 15.6. The second-order valence-corrected chi connectivity index (χ2v) is 5.85. The molecule has 0 saturated heterocycles. The Kier molecular flexibility index (Phi) is 5.07. The summed E-state index contributed by atoms with van der Waals surface area (Å²) in [6, 6.07) is 5.47. The van der Waals surface area contributed by atoms with E-state index in [9.17, 15) is 4.79 Å². The molecule has 1 aromatic rings. The van der Waals surface area contributed by atoms with Crippen LogP contribution in [0.4, 0.5) is 5.69 Å². The lowest BCUT2D eigenvalue weighted by Gasteiger charge is -2.24. The number of carbonyl (C=O) groups is 1. The van der Waals surface area contributed by atoms with Gasteiger partial charge in [0.1, 0.15) is 0 Å². The van der Waals surface area contributed by atoms with Gasteiger partial charge in [0.15, 0.2) is 11.5 Å². The van der Waals surface area contributed by atoms with Crippen LogP contribution in [0.5, 0.6) is 11.5 Å². The minimum atomic E-state index is -0.0639. The van der Waals surface area contributed by atoms with E-state index in [0.717, 1.165) is 24.3 Å². The van der Waals surface area contributed by atoms with E-state index in [1.165, 1.54) is 0 Å². The molecule has 0 atom stereocenters. The Hall–Kier alpha value is -1.75. The van der Waals surface area contributed by atoms with Crippen molar-refractivity contribution < 1.29 is 14.3 Å². The molecule has 0 saturated carbocycles. The highest BCUT2D eigenvalue weighted by Crippen LogP contribution is 2.32. The number of ether oxygens (including phenoxy) is 2. The maximum Gasteiger partial charge on any atom is 0.238 e. The first-order valence-electron chi connectivity index (χ1n) is 7.45. The molecule has 0 radical (unpaired) electrons. The molecule has 2 N–H and O–H groups in total. The van der Waals surface area contributed by atoms with Gasteiger partial charge in [-0.25, -0.2) is 0 Å². The average Bonchev–Trinajstić information content (AvgIpc) is 2.70. The number of carbonyl (C=O) groups excluding carboxylic acids is 1. The number of fused-ring (bicyclic) bond motifs is 1. The standard InChI is InChI=1S/C16H24N2O3/c1-4-16(2,3)17-11-15(19)18-12-6-7-13-14(10-12)21-9-5-8-20-13/h6-7,10,17H,4-5,8-9,11H2,1-3H3,(H,18,19). The number of hydrogen-bond acceptors (Lipinski definition) is 4. The molecule has 0 aromatic heterocycles. The predicted molar refractivity (Wildman–Crippen MR) is 83.1 cm³/mol. The molecule has 0 bridgehead atoms. The number of anilines is 1. The fourth-order valence-electron chi connectivity index (χ4n) is 1.89. The summed E-state index contributed by atoms with van der Waals surface area (Å²) in [6.45, 7) is 7.83. The summed E-state index contributed by atoms with van der Waals surface area (Å²) in [5, 5.41) is 6.11. The largest absolute Gasteiger partial charge is 0.490 e. The zero-order valence-corrected chi connectivity index (χ0v) is 13.0. The van der Waals surface area contributed by atoms with Gasteiger partial charge >= 0.3 is 0 Å². The molecule has 1 aromatic carbocycles. The van der Waals surface area contributed by atoms with Crippen LogP contribution < -0.4 is 20.1 Å². The lowest BCUT2D eigenvalue weighted by atomic mass is 10.0. The Labute approximate surface area is 126 Å². The van der Waals surface area contributed by atoms with E-state index >= 15 is 0 Å². The minimum absolute atomic E-state index is 0.0396. The summed E-state index contributed by atoms with van der Waals surface area (Å²) in [5.41, 5.74) is 0.683. The maximum absolute atomic E-state index is 12.0. The topological polar surface area (TPSA) is 59.6 Å². The van der Waals surface area contributed by atoms with Gasteiger partial charge in [-0.3, -0.25) is 4.79 Å². The molecule has 0 spiro atoms. The normalized spacial score (nSPS) is 14.4. The summed E-state index contributed by atoms with van der Waals surface area (Å²) in [5.74, 6) is 1.36. The number of amides is 1. The molecule has 5 nitrogen and oxygen atoms in total. The van der Waals surface area contributed by atoms with Gasteiger partial charge in [0.2, 0.25) is 5.91 Å². The van der Waals surface area contributed by atoms with Crippen LogP contribution >= 0.6 is 0 Å². The van der Waals surface area contributed by atoms with Crippen LogP contribution in [0.2, 0.25) is 0 Å². The quantitative estimate of drug-likeness (QED) is 0.875. The SMILES string of the molecule is CCC(C)(C)NCC(=O)Nc1ccc2c(c1)OCCCO2. The highest BCUT2D eigenvalue weighted by Gasteiger charge is 2.16. The van der Waals surface area contributed by atoms with E-state index in [2.05, 4.69) is 31.4 Å². The summed E-state index contributed by atoms with van der Waals surface area (Å²) in [6.07, 6.45) is 1.83. The van der Waals surface area contributed by atoms with Gasteiger partial charge in [-0.15, -0.1) is 0 Å². The Morgan fingerprint density at radius 2 is 1.95 bits per heavy atom. The lowest BCUT2D eigenvalue weighted by molar-refractivity contribution is -0.115. The molecular weight excluding hydrogens is 268 g/mol. The predicted octanol–water partition coefficient (Wildman–Crippen LogP) is 2.56. The van der Waals surface area contributed by atoms with Gasteiger partial charge in [0.05, 0.1) is 19.8 Å². The fourth-order valence-corrected chi connectivity index (χ4v) is 1.89. The smallest absolute Gasteiger partial charge is 0.238 e. The Morgan fingerprint density at radius 3 is 2.67 bits per heavy atom. The van der Waals surface area contributed by atoms with Crippen molar-refractivity contribution in [2.45, 2.75) is 39.2 Å². The van der Waals surface area contributed by atoms with Crippen molar-refractivity contribution in [1.82, 2.24) is 5.32 Å². The van der Waals surface area contributed by atoms with Crippen molar-refractivity contribution in [2.75, 3.05) is 25.1 Å². The lowest BCUT2D eigenvalue weighted by Crippen LogP contribution is -2.43. The molecule has 1 aliphatic rings. The number of nitrogens with one attached hydrogen (secondary N) is 2. The zero-order chi connectivity index (χ0) is 15.3. The van der Waals surface area contributed by atoms with E-state index in [1.807, 2.05) is 18.2 Å². The molecule has 1 heterocycles. The van der Waals surface area contributed by atoms with Gasteiger partial charge in [0, 0.05) is 23.7 Å². The summed E-state index contributed by atoms with van der Waals surface area (Å²) >= 11 is 0. The molecule has 1 aliphatic heterocycles. The second kappa shape index (κ2) is 6.80. The van der Waals surface area contributed by atoms with Gasteiger partial charge in [-0.05, 0) is 32.4 Å². The fraction of sp³-hybridized carbons (Fsp3) is 0.562. The van der Waals surface area contributed by atoms with E-state index < -0.39 is 0 Å². The molecule has 116 valence electrons. The molecule has 5 heteroatoms. The van der Waals surface area contributed by atoms with E-state index in [1.54, 1.807) is 0 Å². The van der Waals surface area contributed by atoms with Crippen LogP contribution in [0, 0.1) is 0 Å². The van der Waals surface area contributed by atoms with Crippen LogP contribution in [0.3, 0.4) is 0 Å². The monoisotopic (exact) mass is 292 g/mol. The van der Waals surface area contributed by atoms with Gasteiger partial charge < -0.3 is 20.1 Å². The zero-order valence-electron chi connectivity index (χ0n) is 13.0. The second-order valence-electron chi connectivity index (χ2n) is 5.85. The average molecular weight is 292 g/mol. The Balaban J connectivity index is 1.94. The minimum Gasteiger partial charge on any atom is -0.490 e. The van der Waals surface area contributed by atoms with Crippen LogP contribution in [-0.2, 0) is 4.79 Å². The molecule has 0 unspecified atom stereocenters. The number of rotatable bonds is 5. The van der Waals surface area contributed by atoms with Crippen molar-refractivity contribution in [1.29, 1.82) is 0 Å². The highest BCUT2D eigenvalue weighted by molar-refractivity contribution is 5.92. The van der Waals surface area contributed by atoms with Gasteiger partial charge in [0.25, 0.3) is 0 Å². The third-order valence-electron chi connectivity index (χ3n) is 3.64. The Morgan fingerprint density at radius 1 is 1.24 bits per heavy atom. The van der Waals surface area contributed by atoms with Crippen molar-refractivity contribution in [2.24, 2.45) is 0 Å². The molecule has 2 rings (SSSR count). The summed E-state index contributed by atoms with van der Waals surface area (Å²) in [4.78, 5) is 12.0. The van der Waals surface area contributed by atoms with E-state index in [4.69, 9.17) is 9.47 Å².